The lowest BCUT2D eigenvalue weighted by Gasteiger charge is -2.18. The Morgan fingerprint density at radius 1 is 1.31 bits per heavy atom. The van der Waals surface area contributed by atoms with Crippen molar-refractivity contribution >= 4 is 11.6 Å². The summed E-state index contributed by atoms with van der Waals surface area (Å²) in [5.74, 6) is 0.293. The fourth-order valence-electron chi connectivity index (χ4n) is 1.17. The van der Waals surface area contributed by atoms with E-state index in [0.717, 1.165) is 25.8 Å². The quantitative estimate of drug-likeness (QED) is 0.457. The number of unbranched alkanes of at least 4 members (excludes halogenated alkanes) is 2. The van der Waals surface area contributed by atoms with Gasteiger partial charge in [-0.15, -0.1) is 11.6 Å². The zero-order valence-corrected chi connectivity index (χ0v) is 9.00. The molecule has 4 heteroatoms. The Morgan fingerprint density at radius 3 is 2.54 bits per heavy atom. The second kappa shape index (κ2) is 8.75. The normalized spacial score (nSPS) is 13.6. The molecule has 1 unspecified atom stereocenters. The van der Waals surface area contributed by atoms with Gasteiger partial charge in [0.1, 0.15) is 0 Å². The SMILES string of the molecule is CN(CCCCCO)CC(O)CCl. The maximum atomic E-state index is 9.22. The Hall–Kier alpha value is 0.170. The second-order valence-electron chi connectivity index (χ2n) is 3.35. The molecular formula is C9H20ClNO2. The van der Waals surface area contributed by atoms with Gasteiger partial charge in [-0.25, -0.2) is 0 Å². The monoisotopic (exact) mass is 209 g/mol. The molecule has 0 amide bonds. The van der Waals surface area contributed by atoms with Crippen LogP contribution in [0.3, 0.4) is 0 Å². The first-order valence-corrected chi connectivity index (χ1v) is 5.27. The highest BCUT2D eigenvalue weighted by Crippen LogP contribution is 1.98. The number of halogens is 1. The maximum Gasteiger partial charge on any atom is 0.0802 e. The Bertz CT molecular complexity index is 114. The lowest BCUT2D eigenvalue weighted by atomic mass is 10.2. The van der Waals surface area contributed by atoms with E-state index < -0.39 is 6.10 Å². The van der Waals surface area contributed by atoms with Crippen LogP contribution < -0.4 is 0 Å². The molecule has 0 rings (SSSR count). The standard InChI is InChI=1S/C9H20ClNO2/c1-11(8-9(13)7-10)5-3-2-4-6-12/h9,12-13H,2-8H2,1H3. The van der Waals surface area contributed by atoms with E-state index in [1.807, 2.05) is 7.05 Å². The molecular weight excluding hydrogens is 190 g/mol. The predicted molar refractivity (Wildman–Crippen MR) is 55.2 cm³/mol. The molecule has 80 valence electrons. The molecule has 3 nitrogen and oxygen atoms in total. The number of nitrogens with zero attached hydrogens (tertiary/aromatic N) is 1. The van der Waals surface area contributed by atoms with Gasteiger partial charge in [0.2, 0.25) is 0 Å². The van der Waals surface area contributed by atoms with Crippen LogP contribution in [0.1, 0.15) is 19.3 Å². The highest BCUT2D eigenvalue weighted by atomic mass is 35.5. The molecule has 0 bridgehead atoms. The molecule has 0 radical (unpaired) electrons. The molecule has 0 spiro atoms. The molecule has 0 saturated heterocycles. The number of rotatable bonds is 8. The van der Waals surface area contributed by atoms with Gasteiger partial charge in [0.05, 0.1) is 6.10 Å². The van der Waals surface area contributed by atoms with Crippen molar-refractivity contribution in [2.45, 2.75) is 25.4 Å². The largest absolute Gasteiger partial charge is 0.396 e. The lowest BCUT2D eigenvalue weighted by molar-refractivity contribution is 0.142. The third kappa shape index (κ3) is 8.50. The summed E-state index contributed by atoms with van der Waals surface area (Å²) in [7, 11) is 1.97. The highest BCUT2D eigenvalue weighted by Gasteiger charge is 2.05. The first-order chi connectivity index (χ1) is 6.20. The van der Waals surface area contributed by atoms with Gasteiger partial charge in [0.25, 0.3) is 0 Å². The minimum atomic E-state index is -0.426. The van der Waals surface area contributed by atoms with E-state index in [1.54, 1.807) is 0 Å². The summed E-state index contributed by atoms with van der Waals surface area (Å²) < 4.78 is 0. The first-order valence-electron chi connectivity index (χ1n) is 4.74. The van der Waals surface area contributed by atoms with Gasteiger partial charge in [0.15, 0.2) is 0 Å². The van der Waals surface area contributed by atoms with Crippen LogP contribution in [0.5, 0.6) is 0 Å². The van der Waals surface area contributed by atoms with Crippen LogP contribution in [-0.4, -0.2) is 53.8 Å². The topological polar surface area (TPSA) is 43.7 Å². The Balaban J connectivity index is 3.24. The molecule has 0 heterocycles. The van der Waals surface area contributed by atoms with Crippen molar-refractivity contribution < 1.29 is 10.2 Å². The van der Waals surface area contributed by atoms with E-state index >= 15 is 0 Å². The number of aliphatic hydroxyl groups excluding tert-OH is 2. The van der Waals surface area contributed by atoms with Gasteiger partial charge in [-0.1, -0.05) is 0 Å². The number of likely N-dealkylation sites (N-methyl/N-ethyl adjacent to an activating group) is 1. The van der Waals surface area contributed by atoms with Crippen LogP contribution in [-0.2, 0) is 0 Å². The summed E-state index contributed by atoms with van der Waals surface area (Å²) in [6, 6.07) is 0. The van der Waals surface area contributed by atoms with Crippen LogP contribution in [0.15, 0.2) is 0 Å². The minimum absolute atomic E-state index is 0.272. The fraction of sp³-hybridized carbons (Fsp3) is 1.00. The summed E-state index contributed by atoms with van der Waals surface area (Å²) in [5, 5.41) is 17.8. The van der Waals surface area contributed by atoms with Crippen molar-refractivity contribution in [1.29, 1.82) is 0 Å². The van der Waals surface area contributed by atoms with Gasteiger partial charge in [-0.3, -0.25) is 0 Å². The smallest absolute Gasteiger partial charge is 0.0802 e. The van der Waals surface area contributed by atoms with E-state index in [-0.39, 0.29) is 6.61 Å². The molecule has 1 atom stereocenters. The lowest BCUT2D eigenvalue weighted by Crippen LogP contribution is -2.30. The van der Waals surface area contributed by atoms with Crippen molar-refractivity contribution in [3.05, 3.63) is 0 Å². The van der Waals surface area contributed by atoms with Gasteiger partial charge in [0, 0.05) is 19.0 Å². The molecule has 0 saturated carbocycles. The van der Waals surface area contributed by atoms with E-state index in [1.165, 1.54) is 0 Å². The van der Waals surface area contributed by atoms with Crippen molar-refractivity contribution in [2.24, 2.45) is 0 Å². The Labute approximate surface area is 85.3 Å². The van der Waals surface area contributed by atoms with Gasteiger partial charge in [-0.2, -0.15) is 0 Å². The zero-order valence-electron chi connectivity index (χ0n) is 8.25. The number of hydrogen-bond donors (Lipinski definition) is 2. The summed E-state index contributed by atoms with van der Waals surface area (Å²) in [5.41, 5.74) is 0. The van der Waals surface area contributed by atoms with Gasteiger partial charge < -0.3 is 15.1 Å². The van der Waals surface area contributed by atoms with Gasteiger partial charge >= 0.3 is 0 Å². The van der Waals surface area contributed by atoms with Crippen LogP contribution >= 0.6 is 11.6 Å². The molecule has 2 N–H and O–H groups in total. The van der Waals surface area contributed by atoms with Crippen molar-refractivity contribution in [3.8, 4) is 0 Å². The number of hydrogen-bond acceptors (Lipinski definition) is 3. The maximum absolute atomic E-state index is 9.22. The predicted octanol–water partition coefficient (Wildman–Crippen LogP) is 0.680. The van der Waals surface area contributed by atoms with Crippen molar-refractivity contribution in [2.75, 3.05) is 32.6 Å². The molecule has 0 aromatic carbocycles. The molecule has 0 aromatic heterocycles. The van der Waals surface area contributed by atoms with Crippen LogP contribution in [0.25, 0.3) is 0 Å². The second-order valence-corrected chi connectivity index (χ2v) is 3.66. The first kappa shape index (κ1) is 13.2. The van der Waals surface area contributed by atoms with Crippen LogP contribution in [0.4, 0.5) is 0 Å². The summed E-state index contributed by atoms with van der Waals surface area (Å²) >= 11 is 5.47. The molecule has 0 aromatic rings. The van der Waals surface area contributed by atoms with E-state index in [2.05, 4.69) is 4.90 Å². The average molecular weight is 210 g/mol. The van der Waals surface area contributed by atoms with E-state index in [0.29, 0.717) is 12.4 Å². The minimum Gasteiger partial charge on any atom is -0.396 e. The van der Waals surface area contributed by atoms with E-state index in [4.69, 9.17) is 16.7 Å². The third-order valence-corrected chi connectivity index (χ3v) is 2.25. The number of aliphatic hydroxyl groups is 2. The fourth-order valence-corrected chi connectivity index (χ4v) is 1.27. The molecule has 0 aliphatic rings. The van der Waals surface area contributed by atoms with Crippen LogP contribution in [0, 0.1) is 0 Å². The van der Waals surface area contributed by atoms with Crippen molar-refractivity contribution in [1.82, 2.24) is 4.90 Å². The molecule has 0 aliphatic carbocycles. The van der Waals surface area contributed by atoms with Crippen LogP contribution in [0.2, 0.25) is 0 Å². The molecule has 0 fully saturated rings. The molecule has 13 heavy (non-hydrogen) atoms. The summed E-state index contributed by atoms with van der Waals surface area (Å²) in [6.07, 6.45) is 2.54. The third-order valence-electron chi connectivity index (χ3n) is 1.90. The van der Waals surface area contributed by atoms with Gasteiger partial charge in [-0.05, 0) is 32.9 Å². The Morgan fingerprint density at radius 2 is 2.00 bits per heavy atom. The van der Waals surface area contributed by atoms with Crippen molar-refractivity contribution in [3.63, 3.8) is 0 Å². The van der Waals surface area contributed by atoms with E-state index in [9.17, 15) is 5.11 Å². The summed E-state index contributed by atoms with van der Waals surface area (Å²) in [6.45, 7) is 1.85. The average Bonchev–Trinajstić information content (AvgIpc) is 2.12. The molecule has 0 aliphatic heterocycles. The zero-order chi connectivity index (χ0) is 10.1. The number of alkyl halides is 1. The highest BCUT2D eigenvalue weighted by molar-refractivity contribution is 6.18. The Kier molecular flexibility index (Phi) is 8.87. The summed E-state index contributed by atoms with van der Waals surface area (Å²) in [4.78, 5) is 2.06.